The number of unbranched alkanes of at least 4 members (excludes halogenated alkanes) is 1. The maximum atomic E-state index is 6.36. The average molecular weight is 495 g/mol. The van der Waals surface area contributed by atoms with E-state index in [4.69, 9.17) is 38.9 Å². The van der Waals surface area contributed by atoms with E-state index in [0.717, 1.165) is 47.5 Å². The molecule has 0 bridgehead atoms. The molecule has 3 heterocycles. The standard InChI is InChI=1S/C24H33Cl2N5S/c1-16(2)24(8-3-4-11-27)9-13-31(14-10-24)19-15-29-23(21(30-19)17-5-6-17)32-18-7-12-28-22(26)20(18)25/h7,12,15-17H,3-6,8-11,13-14,27H2,1-2H3. The number of aromatic nitrogens is 3. The molecule has 32 heavy (non-hydrogen) atoms. The molecule has 0 atom stereocenters. The van der Waals surface area contributed by atoms with Crippen LogP contribution in [-0.2, 0) is 0 Å². The van der Waals surface area contributed by atoms with Crippen molar-refractivity contribution in [2.75, 3.05) is 24.5 Å². The minimum Gasteiger partial charge on any atom is -0.355 e. The Morgan fingerprint density at radius 2 is 1.94 bits per heavy atom. The Balaban J connectivity index is 1.49. The normalized spacial score (nSPS) is 18.4. The van der Waals surface area contributed by atoms with Gasteiger partial charge in [0.15, 0.2) is 0 Å². The van der Waals surface area contributed by atoms with Gasteiger partial charge in [-0.1, -0.05) is 55.2 Å². The lowest BCUT2D eigenvalue weighted by Crippen LogP contribution is -2.43. The van der Waals surface area contributed by atoms with E-state index < -0.39 is 0 Å². The van der Waals surface area contributed by atoms with Crippen LogP contribution in [0.15, 0.2) is 28.4 Å². The molecule has 0 unspecified atom stereocenters. The number of nitrogens with two attached hydrogens (primary N) is 1. The van der Waals surface area contributed by atoms with Gasteiger partial charge < -0.3 is 10.6 Å². The molecule has 0 spiro atoms. The fraction of sp³-hybridized carbons (Fsp3) is 0.625. The smallest absolute Gasteiger partial charge is 0.148 e. The van der Waals surface area contributed by atoms with Crippen LogP contribution >= 0.6 is 35.0 Å². The molecule has 2 aromatic rings. The summed E-state index contributed by atoms with van der Waals surface area (Å²) in [4.78, 5) is 17.3. The van der Waals surface area contributed by atoms with E-state index in [-0.39, 0.29) is 0 Å². The first-order chi connectivity index (χ1) is 15.4. The van der Waals surface area contributed by atoms with Crippen molar-refractivity contribution >= 4 is 40.8 Å². The van der Waals surface area contributed by atoms with Gasteiger partial charge in [-0.3, -0.25) is 0 Å². The highest BCUT2D eigenvalue weighted by atomic mass is 35.5. The largest absolute Gasteiger partial charge is 0.355 e. The number of hydrogen-bond acceptors (Lipinski definition) is 6. The first-order valence-electron chi connectivity index (χ1n) is 11.7. The van der Waals surface area contributed by atoms with Gasteiger partial charge in [-0.2, -0.15) is 0 Å². The van der Waals surface area contributed by atoms with Crippen molar-refractivity contribution in [1.82, 2.24) is 15.0 Å². The Labute approximate surface area is 205 Å². The van der Waals surface area contributed by atoms with Crippen LogP contribution in [0.2, 0.25) is 10.2 Å². The lowest BCUT2D eigenvalue weighted by Gasteiger charge is -2.45. The van der Waals surface area contributed by atoms with Crippen molar-refractivity contribution in [2.45, 2.75) is 74.6 Å². The molecule has 2 aromatic heterocycles. The van der Waals surface area contributed by atoms with Crippen molar-refractivity contribution in [3.05, 3.63) is 34.3 Å². The van der Waals surface area contributed by atoms with Gasteiger partial charge in [0.25, 0.3) is 0 Å². The van der Waals surface area contributed by atoms with Crippen LogP contribution in [0, 0.1) is 11.3 Å². The van der Waals surface area contributed by atoms with E-state index in [9.17, 15) is 0 Å². The Morgan fingerprint density at radius 1 is 1.19 bits per heavy atom. The van der Waals surface area contributed by atoms with Crippen LogP contribution in [0.25, 0.3) is 0 Å². The molecule has 8 heteroatoms. The van der Waals surface area contributed by atoms with Crippen LogP contribution in [0.1, 0.15) is 70.4 Å². The third kappa shape index (κ3) is 5.35. The van der Waals surface area contributed by atoms with E-state index >= 15 is 0 Å². The van der Waals surface area contributed by atoms with Gasteiger partial charge in [0.1, 0.15) is 16.0 Å². The molecule has 5 nitrogen and oxygen atoms in total. The first-order valence-corrected chi connectivity index (χ1v) is 13.3. The monoisotopic (exact) mass is 493 g/mol. The van der Waals surface area contributed by atoms with Crippen molar-refractivity contribution in [3.8, 4) is 0 Å². The zero-order valence-corrected chi connectivity index (χ0v) is 21.3. The van der Waals surface area contributed by atoms with Gasteiger partial charge in [0.05, 0.1) is 16.9 Å². The number of pyridine rings is 1. The van der Waals surface area contributed by atoms with Crippen LogP contribution in [-0.4, -0.2) is 34.6 Å². The summed E-state index contributed by atoms with van der Waals surface area (Å²) < 4.78 is 0. The maximum absolute atomic E-state index is 6.36. The molecule has 2 N–H and O–H groups in total. The lowest BCUT2D eigenvalue weighted by atomic mass is 9.67. The molecule has 174 valence electrons. The Morgan fingerprint density at radius 3 is 2.59 bits per heavy atom. The fourth-order valence-electron chi connectivity index (χ4n) is 4.74. The number of piperidine rings is 1. The molecule has 1 aliphatic carbocycles. The number of halogens is 2. The first kappa shape index (κ1) is 24.1. The van der Waals surface area contributed by atoms with Crippen LogP contribution in [0.5, 0.6) is 0 Å². The third-order valence-electron chi connectivity index (χ3n) is 7.17. The van der Waals surface area contributed by atoms with E-state index in [1.165, 1.54) is 50.3 Å². The highest BCUT2D eigenvalue weighted by Crippen LogP contribution is 2.47. The minimum absolute atomic E-state index is 0.322. The number of anilines is 1. The molecule has 1 saturated carbocycles. The van der Waals surface area contributed by atoms with Crippen LogP contribution < -0.4 is 10.6 Å². The Bertz CT molecular complexity index is 927. The van der Waals surface area contributed by atoms with Crippen molar-refractivity contribution in [1.29, 1.82) is 0 Å². The van der Waals surface area contributed by atoms with E-state index in [2.05, 4.69) is 23.7 Å². The number of nitrogens with zero attached hydrogens (tertiary/aromatic N) is 4. The van der Waals surface area contributed by atoms with E-state index in [1.807, 2.05) is 12.3 Å². The predicted octanol–water partition coefficient (Wildman–Crippen LogP) is 6.58. The van der Waals surface area contributed by atoms with Gasteiger partial charge >= 0.3 is 0 Å². The molecule has 0 amide bonds. The highest BCUT2D eigenvalue weighted by molar-refractivity contribution is 7.99. The molecule has 0 aromatic carbocycles. The summed E-state index contributed by atoms with van der Waals surface area (Å²) in [6.45, 7) is 7.63. The summed E-state index contributed by atoms with van der Waals surface area (Å²) in [6, 6.07) is 1.88. The second kappa shape index (κ2) is 10.5. The van der Waals surface area contributed by atoms with Gasteiger partial charge in [0.2, 0.25) is 0 Å². The number of rotatable bonds is 9. The maximum Gasteiger partial charge on any atom is 0.148 e. The summed E-state index contributed by atoms with van der Waals surface area (Å²) in [5.41, 5.74) is 7.26. The molecule has 1 saturated heterocycles. The molecule has 2 fully saturated rings. The fourth-order valence-corrected chi connectivity index (χ4v) is 6.13. The van der Waals surface area contributed by atoms with Crippen molar-refractivity contribution in [3.63, 3.8) is 0 Å². The summed E-state index contributed by atoms with van der Waals surface area (Å²) in [5, 5.41) is 1.72. The lowest BCUT2D eigenvalue weighted by molar-refractivity contribution is 0.121. The zero-order chi connectivity index (χ0) is 22.7. The summed E-state index contributed by atoms with van der Waals surface area (Å²) in [5.74, 6) is 2.19. The molecule has 0 radical (unpaired) electrons. The second-order valence-corrected chi connectivity index (χ2v) is 11.2. The summed E-state index contributed by atoms with van der Waals surface area (Å²) in [7, 11) is 0. The van der Waals surface area contributed by atoms with E-state index in [0.29, 0.717) is 27.4 Å². The average Bonchev–Trinajstić information content (AvgIpc) is 3.63. The van der Waals surface area contributed by atoms with Crippen LogP contribution in [0.3, 0.4) is 0 Å². The molecular formula is C24H33Cl2N5S. The van der Waals surface area contributed by atoms with Crippen molar-refractivity contribution < 1.29 is 0 Å². The Hall–Kier alpha value is -1.08. The molecule has 4 rings (SSSR count). The Kier molecular flexibility index (Phi) is 7.86. The van der Waals surface area contributed by atoms with Gasteiger partial charge in [-0.05, 0) is 62.5 Å². The SMILES string of the molecule is CC(C)C1(CCCCN)CCN(c2cnc(Sc3ccnc(Cl)c3Cl)c(C3CC3)n2)CC1. The minimum atomic E-state index is 0.322. The third-order valence-corrected chi connectivity index (χ3v) is 9.12. The van der Waals surface area contributed by atoms with E-state index in [1.54, 1.807) is 6.20 Å². The molecular weight excluding hydrogens is 461 g/mol. The predicted molar refractivity (Wildman–Crippen MR) is 134 cm³/mol. The van der Waals surface area contributed by atoms with Gasteiger partial charge in [-0.15, -0.1) is 0 Å². The highest BCUT2D eigenvalue weighted by Gasteiger charge is 2.37. The van der Waals surface area contributed by atoms with Gasteiger partial charge in [-0.25, -0.2) is 15.0 Å². The van der Waals surface area contributed by atoms with Crippen molar-refractivity contribution in [2.24, 2.45) is 17.1 Å². The quantitative estimate of drug-likeness (QED) is 0.314. The number of hydrogen-bond donors (Lipinski definition) is 1. The summed E-state index contributed by atoms with van der Waals surface area (Å²) >= 11 is 14.0. The molecule has 2 aliphatic rings. The second-order valence-electron chi connectivity index (χ2n) is 9.46. The van der Waals surface area contributed by atoms with Crippen LogP contribution in [0.4, 0.5) is 5.82 Å². The van der Waals surface area contributed by atoms with Gasteiger partial charge in [0, 0.05) is 30.1 Å². The molecule has 1 aliphatic heterocycles. The topological polar surface area (TPSA) is 67.9 Å². The summed E-state index contributed by atoms with van der Waals surface area (Å²) in [6.07, 6.45) is 12.0. The zero-order valence-electron chi connectivity index (χ0n) is 19.0.